The van der Waals surface area contributed by atoms with Gasteiger partial charge < -0.3 is 0 Å². The zero-order valence-corrected chi connectivity index (χ0v) is 10.4. The lowest BCUT2D eigenvalue weighted by molar-refractivity contribution is 0.899. The first kappa shape index (κ1) is 10.5. The summed E-state index contributed by atoms with van der Waals surface area (Å²) in [5, 5.41) is 0. The third-order valence-corrected chi connectivity index (χ3v) is 3.97. The van der Waals surface area contributed by atoms with Gasteiger partial charge in [0, 0.05) is 18.3 Å². The van der Waals surface area contributed by atoms with Crippen LogP contribution in [0.3, 0.4) is 0 Å². The maximum absolute atomic E-state index is 4.29. The van der Waals surface area contributed by atoms with Gasteiger partial charge in [0.2, 0.25) is 0 Å². The highest BCUT2D eigenvalue weighted by Gasteiger charge is 2.20. The molecule has 2 aromatic rings. The molecule has 0 fully saturated rings. The van der Waals surface area contributed by atoms with E-state index in [4.69, 9.17) is 0 Å². The van der Waals surface area contributed by atoms with Crippen molar-refractivity contribution in [3.8, 4) is 0 Å². The van der Waals surface area contributed by atoms with Crippen molar-refractivity contribution in [1.29, 1.82) is 0 Å². The van der Waals surface area contributed by atoms with Crippen molar-refractivity contribution in [3.63, 3.8) is 0 Å². The lowest BCUT2D eigenvalue weighted by Gasteiger charge is -2.16. The number of aromatic nitrogens is 1. The van der Waals surface area contributed by atoms with Crippen molar-refractivity contribution in [2.24, 2.45) is 0 Å². The van der Waals surface area contributed by atoms with Gasteiger partial charge in [-0.25, -0.2) is 0 Å². The molecule has 0 radical (unpaired) electrons. The number of pyridine rings is 1. The van der Waals surface area contributed by atoms with Crippen LogP contribution in [0.4, 0.5) is 0 Å². The van der Waals surface area contributed by atoms with Crippen molar-refractivity contribution in [1.82, 2.24) is 4.98 Å². The van der Waals surface area contributed by atoms with Crippen LogP contribution in [-0.4, -0.2) is 4.98 Å². The average molecular weight is 223 g/mol. The van der Waals surface area contributed by atoms with Crippen LogP contribution in [0.5, 0.6) is 0 Å². The van der Waals surface area contributed by atoms with E-state index in [-0.39, 0.29) is 0 Å². The second kappa shape index (κ2) is 3.99. The van der Waals surface area contributed by atoms with Crippen LogP contribution >= 0.6 is 0 Å². The number of aryl methyl sites for hydroxylation is 2. The van der Waals surface area contributed by atoms with Gasteiger partial charge in [-0.05, 0) is 53.6 Å². The van der Waals surface area contributed by atoms with Crippen molar-refractivity contribution < 1.29 is 0 Å². The number of hydrogen-bond acceptors (Lipinski definition) is 1. The Balaban J connectivity index is 2.20. The first-order valence-electron chi connectivity index (χ1n) is 6.28. The van der Waals surface area contributed by atoms with Gasteiger partial charge >= 0.3 is 0 Å². The highest BCUT2D eigenvalue weighted by atomic mass is 14.6. The summed E-state index contributed by atoms with van der Waals surface area (Å²) in [5.74, 6) is 0.469. The average Bonchev–Trinajstić information content (AvgIpc) is 2.50. The maximum Gasteiger partial charge on any atom is 0.0308 e. The Kier molecular flexibility index (Phi) is 2.47. The molecule has 0 saturated heterocycles. The summed E-state index contributed by atoms with van der Waals surface area (Å²) in [5.41, 5.74) is 7.31. The van der Waals surface area contributed by atoms with Gasteiger partial charge in [-0.3, -0.25) is 4.98 Å². The van der Waals surface area contributed by atoms with Crippen LogP contribution in [0.2, 0.25) is 0 Å². The molecule has 1 atom stereocenters. The quantitative estimate of drug-likeness (QED) is 0.664. The van der Waals surface area contributed by atoms with Crippen LogP contribution in [-0.2, 0) is 12.8 Å². The second-order valence-corrected chi connectivity index (χ2v) is 4.94. The van der Waals surface area contributed by atoms with Gasteiger partial charge in [0.1, 0.15) is 0 Å². The van der Waals surface area contributed by atoms with Crippen LogP contribution in [0.25, 0.3) is 0 Å². The molecule has 1 aliphatic carbocycles. The molecule has 1 aliphatic rings. The Morgan fingerprint density at radius 3 is 2.88 bits per heavy atom. The molecule has 0 amide bonds. The molecule has 0 bridgehead atoms. The summed E-state index contributed by atoms with van der Waals surface area (Å²) in [6.45, 7) is 4.52. The number of nitrogens with zero attached hydrogens (tertiary/aromatic N) is 1. The SMILES string of the molecule is Cc1cccc2c1CCc1ccncc1C2C. The summed E-state index contributed by atoms with van der Waals surface area (Å²) in [7, 11) is 0. The molecular formula is C16H17N. The molecule has 1 aromatic heterocycles. The van der Waals surface area contributed by atoms with Gasteiger partial charge in [-0.15, -0.1) is 0 Å². The number of rotatable bonds is 0. The molecule has 1 nitrogen and oxygen atoms in total. The molecule has 0 N–H and O–H groups in total. The summed E-state index contributed by atoms with van der Waals surface area (Å²) in [4.78, 5) is 4.29. The number of fused-ring (bicyclic) bond motifs is 2. The standard InChI is InChI=1S/C16H17N/c1-11-4-3-5-15-12(2)16-10-17-9-8-13(16)6-7-14(11)15/h3-5,8-10,12H,6-7H2,1-2H3. The van der Waals surface area contributed by atoms with Crippen molar-refractivity contribution >= 4 is 0 Å². The second-order valence-electron chi connectivity index (χ2n) is 4.94. The van der Waals surface area contributed by atoms with Crippen molar-refractivity contribution in [2.75, 3.05) is 0 Å². The van der Waals surface area contributed by atoms with E-state index in [1.165, 1.54) is 27.8 Å². The fraction of sp³-hybridized carbons (Fsp3) is 0.312. The molecule has 0 aliphatic heterocycles. The Hall–Kier alpha value is -1.63. The van der Waals surface area contributed by atoms with Gasteiger partial charge in [0.25, 0.3) is 0 Å². The summed E-state index contributed by atoms with van der Waals surface area (Å²) in [6, 6.07) is 8.84. The van der Waals surface area contributed by atoms with E-state index < -0.39 is 0 Å². The molecule has 17 heavy (non-hydrogen) atoms. The van der Waals surface area contributed by atoms with Gasteiger partial charge in [-0.2, -0.15) is 0 Å². The highest BCUT2D eigenvalue weighted by Crippen LogP contribution is 2.34. The molecular weight excluding hydrogens is 206 g/mol. The summed E-state index contributed by atoms with van der Waals surface area (Å²) in [6.07, 6.45) is 6.25. The molecule has 0 spiro atoms. The molecule has 86 valence electrons. The zero-order valence-electron chi connectivity index (χ0n) is 10.4. The van der Waals surface area contributed by atoms with Crippen molar-refractivity contribution in [3.05, 3.63) is 64.5 Å². The minimum absolute atomic E-state index is 0.469. The first-order chi connectivity index (χ1) is 8.27. The predicted octanol–water partition coefficient (Wildman–Crippen LogP) is 3.64. The van der Waals surface area contributed by atoms with Crippen LogP contribution in [0.15, 0.2) is 36.7 Å². The van der Waals surface area contributed by atoms with E-state index in [0.29, 0.717) is 5.92 Å². The smallest absolute Gasteiger partial charge is 0.0308 e. The summed E-state index contributed by atoms with van der Waals surface area (Å²) < 4.78 is 0. The minimum Gasteiger partial charge on any atom is -0.264 e. The van der Waals surface area contributed by atoms with Crippen LogP contribution in [0.1, 0.15) is 40.7 Å². The Labute approximate surface area is 103 Å². The molecule has 1 unspecified atom stereocenters. The first-order valence-corrected chi connectivity index (χ1v) is 6.28. The van der Waals surface area contributed by atoms with Crippen LogP contribution in [0, 0.1) is 6.92 Å². The van der Waals surface area contributed by atoms with E-state index in [1.54, 1.807) is 0 Å². The normalized spacial score (nSPS) is 18.1. The molecule has 1 aromatic carbocycles. The topological polar surface area (TPSA) is 12.9 Å². The fourth-order valence-corrected chi connectivity index (χ4v) is 2.95. The van der Waals surface area contributed by atoms with Crippen LogP contribution < -0.4 is 0 Å². The third-order valence-electron chi connectivity index (χ3n) is 3.97. The summed E-state index contributed by atoms with van der Waals surface area (Å²) >= 11 is 0. The maximum atomic E-state index is 4.29. The van der Waals surface area contributed by atoms with E-state index in [0.717, 1.165) is 12.8 Å². The van der Waals surface area contributed by atoms with Gasteiger partial charge in [-0.1, -0.05) is 25.1 Å². The van der Waals surface area contributed by atoms with Gasteiger partial charge in [0.05, 0.1) is 0 Å². The molecule has 3 rings (SSSR count). The lowest BCUT2D eigenvalue weighted by Crippen LogP contribution is -2.00. The zero-order chi connectivity index (χ0) is 11.8. The van der Waals surface area contributed by atoms with E-state index in [2.05, 4.69) is 43.1 Å². The minimum atomic E-state index is 0.469. The Morgan fingerprint density at radius 1 is 1.12 bits per heavy atom. The Morgan fingerprint density at radius 2 is 2.00 bits per heavy atom. The fourth-order valence-electron chi connectivity index (χ4n) is 2.95. The number of hydrogen-bond donors (Lipinski definition) is 0. The third kappa shape index (κ3) is 1.66. The lowest BCUT2D eigenvalue weighted by atomic mass is 9.89. The predicted molar refractivity (Wildman–Crippen MR) is 70.3 cm³/mol. The van der Waals surface area contributed by atoms with Gasteiger partial charge in [0.15, 0.2) is 0 Å². The van der Waals surface area contributed by atoms with E-state index >= 15 is 0 Å². The van der Waals surface area contributed by atoms with E-state index in [1.807, 2.05) is 12.4 Å². The highest BCUT2D eigenvalue weighted by molar-refractivity contribution is 5.45. The van der Waals surface area contributed by atoms with E-state index in [9.17, 15) is 0 Å². The molecule has 0 saturated carbocycles. The monoisotopic (exact) mass is 223 g/mol. The van der Waals surface area contributed by atoms with Crippen molar-refractivity contribution in [2.45, 2.75) is 32.6 Å². The number of benzene rings is 1. The Bertz CT molecular complexity index is 557. The largest absolute Gasteiger partial charge is 0.264 e. The molecule has 1 heteroatoms. The molecule has 1 heterocycles.